The summed E-state index contributed by atoms with van der Waals surface area (Å²) in [6, 6.07) is 6.52. The molecule has 0 atom stereocenters. The topological polar surface area (TPSA) is 70.0 Å². The van der Waals surface area contributed by atoms with E-state index in [4.69, 9.17) is 5.11 Å². The third-order valence-corrected chi connectivity index (χ3v) is 2.49. The first-order valence-corrected chi connectivity index (χ1v) is 5.23. The van der Waals surface area contributed by atoms with Gasteiger partial charge in [-0.3, -0.25) is 4.79 Å². The fourth-order valence-electron chi connectivity index (χ4n) is 1.71. The molecule has 2 rings (SSSR count). The van der Waals surface area contributed by atoms with E-state index in [1.165, 1.54) is 11.1 Å². The Morgan fingerprint density at radius 2 is 2.29 bits per heavy atom. The third kappa shape index (κ3) is 2.50. The van der Waals surface area contributed by atoms with Gasteiger partial charge in [0.05, 0.1) is 18.5 Å². The molecule has 0 aliphatic carbocycles. The van der Waals surface area contributed by atoms with E-state index < -0.39 is 5.97 Å². The zero-order valence-corrected chi connectivity index (χ0v) is 9.38. The van der Waals surface area contributed by atoms with Crippen molar-refractivity contribution in [3.63, 3.8) is 0 Å². The van der Waals surface area contributed by atoms with Crippen molar-refractivity contribution in [3.05, 3.63) is 35.4 Å². The lowest BCUT2D eigenvalue weighted by atomic mass is 10.1. The molecule has 17 heavy (non-hydrogen) atoms. The molecule has 1 aromatic rings. The average molecular weight is 232 g/mol. The molecule has 0 saturated heterocycles. The van der Waals surface area contributed by atoms with Crippen molar-refractivity contribution in [2.45, 2.75) is 19.9 Å². The van der Waals surface area contributed by atoms with Crippen molar-refractivity contribution in [2.24, 2.45) is 5.10 Å². The Bertz CT molecular complexity index is 508. The summed E-state index contributed by atoms with van der Waals surface area (Å²) in [6.07, 6.45) is 0.346. The molecule has 1 heterocycles. The third-order valence-electron chi connectivity index (χ3n) is 2.49. The van der Waals surface area contributed by atoms with Crippen LogP contribution in [0.25, 0.3) is 0 Å². The number of carbonyl (C=O) groups excluding carboxylic acids is 1. The van der Waals surface area contributed by atoms with Crippen LogP contribution in [0, 0.1) is 0 Å². The Labute approximate surface area is 98.4 Å². The van der Waals surface area contributed by atoms with Gasteiger partial charge in [-0.2, -0.15) is 5.10 Å². The molecular formula is C12H12N2O3. The van der Waals surface area contributed by atoms with E-state index in [1.54, 1.807) is 25.1 Å². The Balaban J connectivity index is 2.16. The molecule has 1 aliphatic rings. The number of benzene rings is 1. The molecule has 0 saturated carbocycles. The molecule has 1 aliphatic heterocycles. The minimum Gasteiger partial charge on any atom is -0.478 e. The first-order valence-electron chi connectivity index (χ1n) is 5.23. The summed E-state index contributed by atoms with van der Waals surface area (Å²) in [4.78, 5) is 22.3. The van der Waals surface area contributed by atoms with Gasteiger partial charge in [0.15, 0.2) is 0 Å². The second kappa shape index (κ2) is 4.37. The van der Waals surface area contributed by atoms with E-state index in [9.17, 15) is 9.59 Å². The molecule has 0 aromatic heterocycles. The summed E-state index contributed by atoms with van der Waals surface area (Å²) in [5.41, 5.74) is 1.76. The van der Waals surface area contributed by atoms with E-state index in [2.05, 4.69) is 5.10 Å². The molecule has 5 heteroatoms. The Hall–Kier alpha value is -2.17. The van der Waals surface area contributed by atoms with Gasteiger partial charge in [-0.25, -0.2) is 9.80 Å². The number of hydrogen-bond acceptors (Lipinski definition) is 3. The van der Waals surface area contributed by atoms with Crippen molar-refractivity contribution in [1.82, 2.24) is 5.01 Å². The number of aromatic carboxylic acids is 1. The molecule has 5 nitrogen and oxygen atoms in total. The number of carboxylic acid groups (broad SMARTS) is 1. The second-order valence-electron chi connectivity index (χ2n) is 3.97. The van der Waals surface area contributed by atoms with Crippen LogP contribution in [0.1, 0.15) is 29.3 Å². The molecule has 0 radical (unpaired) electrons. The van der Waals surface area contributed by atoms with Gasteiger partial charge in [-0.1, -0.05) is 12.1 Å². The van der Waals surface area contributed by atoms with Crippen LogP contribution in [0.4, 0.5) is 0 Å². The predicted octanol–water partition coefficient (Wildman–Crippen LogP) is 1.49. The Kier molecular flexibility index (Phi) is 2.91. The van der Waals surface area contributed by atoms with E-state index in [1.807, 2.05) is 0 Å². The van der Waals surface area contributed by atoms with Crippen LogP contribution in [0.2, 0.25) is 0 Å². The monoisotopic (exact) mass is 232 g/mol. The van der Waals surface area contributed by atoms with Crippen molar-refractivity contribution in [2.75, 3.05) is 0 Å². The van der Waals surface area contributed by atoms with Crippen molar-refractivity contribution in [3.8, 4) is 0 Å². The number of nitrogens with zero attached hydrogens (tertiary/aromatic N) is 2. The Morgan fingerprint density at radius 3 is 2.88 bits per heavy atom. The minimum atomic E-state index is -0.973. The first kappa shape index (κ1) is 11.3. The van der Waals surface area contributed by atoms with Crippen LogP contribution < -0.4 is 0 Å². The number of carboxylic acids is 1. The van der Waals surface area contributed by atoms with Gasteiger partial charge >= 0.3 is 5.97 Å². The van der Waals surface area contributed by atoms with Crippen LogP contribution in [0.5, 0.6) is 0 Å². The zero-order valence-electron chi connectivity index (χ0n) is 9.38. The van der Waals surface area contributed by atoms with Crippen LogP contribution >= 0.6 is 0 Å². The van der Waals surface area contributed by atoms with E-state index in [-0.39, 0.29) is 11.5 Å². The summed E-state index contributed by atoms with van der Waals surface area (Å²) in [5, 5.41) is 14.3. The largest absolute Gasteiger partial charge is 0.478 e. The van der Waals surface area contributed by atoms with E-state index in [0.717, 1.165) is 11.3 Å². The Morgan fingerprint density at radius 1 is 1.53 bits per heavy atom. The molecule has 1 N–H and O–H groups in total. The number of rotatable bonds is 3. The summed E-state index contributed by atoms with van der Waals surface area (Å²) < 4.78 is 0. The first-order chi connectivity index (χ1) is 8.06. The van der Waals surface area contributed by atoms with Gasteiger partial charge in [0.25, 0.3) is 0 Å². The van der Waals surface area contributed by atoms with Gasteiger partial charge < -0.3 is 5.11 Å². The number of carbonyl (C=O) groups is 2. The lowest BCUT2D eigenvalue weighted by molar-refractivity contribution is -0.129. The van der Waals surface area contributed by atoms with Crippen molar-refractivity contribution in [1.29, 1.82) is 0 Å². The van der Waals surface area contributed by atoms with Gasteiger partial charge in [-0.05, 0) is 24.6 Å². The molecule has 1 amide bonds. The van der Waals surface area contributed by atoms with E-state index in [0.29, 0.717) is 13.0 Å². The molecule has 88 valence electrons. The lowest BCUT2D eigenvalue weighted by Gasteiger charge is -2.11. The van der Waals surface area contributed by atoms with E-state index >= 15 is 0 Å². The maximum Gasteiger partial charge on any atom is 0.335 e. The van der Waals surface area contributed by atoms with Crippen molar-refractivity contribution < 1.29 is 14.7 Å². The standard InChI is InChI=1S/C12H12N2O3/c1-8-5-11(15)14(13-8)7-9-3-2-4-10(6-9)12(16)17/h2-4,6H,5,7H2,1H3,(H,16,17). The highest BCUT2D eigenvalue weighted by molar-refractivity contribution is 6.03. The fraction of sp³-hybridized carbons (Fsp3) is 0.250. The highest BCUT2D eigenvalue weighted by Gasteiger charge is 2.21. The van der Waals surface area contributed by atoms with Gasteiger partial charge in [-0.15, -0.1) is 0 Å². The van der Waals surface area contributed by atoms with Crippen molar-refractivity contribution >= 4 is 17.6 Å². The lowest BCUT2D eigenvalue weighted by Crippen LogP contribution is -2.20. The summed E-state index contributed by atoms with van der Waals surface area (Å²) >= 11 is 0. The molecule has 0 fully saturated rings. The summed E-state index contributed by atoms with van der Waals surface area (Å²) in [6.45, 7) is 2.11. The quantitative estimate of drug-likeness (QED) is 0.858. The maximum atomic E-state index is 11.5. The molecule has 0 spiro atoms. The molecular weight excluding hydrogens is 220 g/mol. The zero-order chi connectivity index (χ0) is 12.4. The highest BCUT2D eigenvalue weighted by Crippen LogP contribution is 2.14. The minimum absolute atomic E-state index is 0.0526. The van der Waals surface area contributed by atoms with Gasteiger partial charge in [0.1, 0.15) is 0 Å². The molecule has 0 bridgehead atoms. The maximum absolute atomic E-state index is 11.5. The predicted molar refractivity (Wildman–Crippen MR) is 61.7 cm³/mol. The summed E-state index contributed by atoms with van der Waals surface area (Å²) in [7, 11) is 0. The van der Waals surface area contributed by atoms with Crippen LogP contribution in [0.3, 0.4) is 0 Å². The highest BCUT2D eigenvalue weighted by atomic mass is 16.4. The fourth-order valence-corrected chi connectivity index (χ4v) is 1.71. The normalized spacial score (nSPS) is 15.0. The second-order valence-corrected chi connectivity index (χ2v) is 3.97. The van der Waals surface area contributed by atoms with Gasteiger partial charge in [0.2, 0.25) is 5.91 Å². The smallest absolute Gasteiger partial charge is 0.335 e. The number of hydrogen-bond donors (Lipinski definition) is 1. The number of amides is 1. The molecule has 0 unspecified atom stereocenters. The van der Waals surface area contributed by atoms with Crippen LogP contribution in [0.15, 0.2) is 29.4 Å². The van der Waals surface area contributed by atoms with Crippen LogP contribution in [-0.2, 0) is 11.3 Å². The van der Waals surface area contributed by atoms with Gasteiger partial charge in [0, 0.05) is 5.71 Å². The van der Waals surface area contributed by atoms with Crippen LogP contribution in [-0.4, -0.2) is 27.7 Å². The molecule has 1 aromatic carbocycles. The summed E-state index contributed by atoms with van der Waals surface area (Å²) in [5.74, 6) is -1.03. The SMILES string of the molecule is CC1=NN(Cc2cccc(C(=O)O)c2)C(=O)C1. The average Bonchev–Trinajstić information content (AvgIpc) is 2.58. The number of hydrazone groups is 1.